The molecule has 0 bridgehead atoms. The van der Waals surface area contributed by atoms with Gasteiger partial charge in [-0.3, -0.25) is 49.1 Å². The molecule has 4 aliphatic rings. The smallest absolute Gasteiger partial charge is 0.262 e. The Morgan fingerprint density at radius 1 is 1.02 bits per heavy atom. The summed E-state index contributed by atoms with van der Waals surface area (Å²) in [6.45, 7) is 3.75. The molecular formula is C32H32N7O6. The van der Waals surface area contributed by atoms with Crippen LogP contribution in [0.2, 0.25) is 0 Å². The van der Waals surface area contributed by atoms with Gasteiger partial charge in [0, 0.05) is 51.8 Å². The molecular weight excluding hydrogens is 578 g/mol. The molecule has 1 aromatic heterocycles. The molecule has 45 heavy (non-hydrogen) atoms. The largest absolute Gasteiger partial charge is 0.367 e. The zero-order chi connectivity index (χ0) is 31.2. The topological polar surface area (TPSA) is 148 Å². The van der Waals surface area contributed by atoms with Crippen LogP contribution in [-0.2, 0) is 32.2 Å². The highest BCUT2D eigenvalue weighted by atomic mass is 16.5. The lowest BCUT2D eigenvalue weighted by Crippen LogP contribution is -2.54. The number of rotatable bonds is 7. The number of ether oxygens (including phenoxy) is 1. The highest BCUT2D eigenvalue weighted by molar-refractivity contribution is 6.23. The van der Waals surface area contributed by atoms with Crippen LogP contribution >= 0.6 is 0 Å². The van der Waals surface area contributed by atoms with E-state index < -0.39 is 35.8 Å². The molecule has 2 fully saturated rings. The van der Waals surface area contributed by atoms with Crippen LogP contribution in [-0.4, -0.2) is 98.7 Å². The van der Waals surface area contributed by atoms with E-state index in [1.807, 2.05) is 41.3 Å². The zero-order valence-corrected chi connectivity index (χ0v) is 24.7. The highest BCUT2D eigenvalue weighted by Crippen LogP contribution is 2.38. The lowest BCUT2D eigenvalue weighted by atomic mass is 10.0. The Kier molecular flexibility index (Phi) is 7.51. The van der Waals surface area contributed by atoms with Gasteiger partial charge in [0.2, 0.25) is 11.8 Å². The minimum atomic E-state index is -0.992. The van der Waals surface area contributed by atoms with Gasteiger partial charge < -0.3 is 9.64 Å². The lowest BCUT2D eigenvalue weighted by Gasteiger charge is -2.41. The fraction of sp³-hybridized carbons (Fsp3) is 0.375. The fourth-order valence-corrected chi connectivity index (χ4v) is 6.81. The molecule has 0 aliphatic carbocycles. The number of amides is 5. The van der Waals surface area contributed by atoms with E-state index >= 15 is 0 Å². The summed E-state index contributed by atoms with van der Waals surface area (Å²) in [4.78, 5) is 71.4. The summed E-state index contributed by atoms with van der Waals surface area (Å²) < 4.78 is 5.67. The summed E-state index contributed by atoms with van der Waals surface area (Å²) in [6.07, 6.45) is 2.20. The van der Waals surface area contributed by atoms with Crippen molar-refractivity contribution in [3.63, 3.8) is 0 Å². The van der Waals surface area contributed by atoms with Crippen LogP contribution in [0.4, 0.5) is 0 Å². The molecule has 231 valence electrons. The minimum Gasteiger partial charge on any atom is -0.367 e. The van der Waals surface area contributed by atoms with E-state index in [2.05, 4.69) is 31.5 Å². The van der Waals surface area contributed by atoms with E-state index in [0.717, 1.165) is 27.3 Å². The molecule has 4 aliphatic heterocycles. The van der Waals surface area contributed by atoms with Crippen molar-refractivity contribution in [2.24, 2.45) is 0 Å². The second kappa shape index (κ2) is 11.7. The van der Waals surface area contributed by atoms with Crippen LogP contribution < -0.4 is 5.32 Å². The van der Waals surface area contributed by atoms with Crippen molar-refractivity contribution < 1.29 is 28.7 Å². The van der Waals surface area contributed by atoms with Crippen molar-refractivity contribution >= 4 is 29.5 Å². The number of H-pyrrole nitrogens is 1. The predicted octanol–water partition coefficient (Wildman–Crippen LogP) is 1.16. The first-order valence-electron chi connectivity index (χ1n) is 15.0. The second-order valence-electron chi connectivity index (χ2n) is 11.7. The van der Waals surface area contributed by atoms with Crippen molar-refractivity contribution in [1.29, 1.82) is 0 Å². The van der Waals surface area contributed by atoms with Gasteiger partial charge in [0.15, 0.2) is 6.10 Å². The van der Waals surface area contributed by atoms with Gasteiger partial charge in [-0.1, -0.05) is 36.4 Å². The standard InChI is InChI=1S/C32H32N7O6/c1-45-27(20-5-3-2-4-6-20)32(44)38-18-24-23(16-33-35-24)29(38)37-13-11-36(12-14-37)17-19-7-8-21-22(15-19)31(43)39(30(21)42)25-9-10-26(40)34-28(25)41/h2-8,15,25,27,29H,9-14,17-18H2,1H3,(H,33,35)(H,34,40,41)/t25?,27-,29?/m1/s1. The number of piperazine rings is 1. The average Bonchev–Trinajstić information content (AvgIpc) is 3.71. The summed E-state index contributed by atoms with van der Waals surface area (Å²) in [5, 5.41) is 9.33. The predicted molar refractivity (Wildman–Crippen MR) is 157 cm³/mol. The summed E-state index contributed by atoms with van der Waals surface area (Å²) >= 11 is 0. The third kappa shape index (κ3) is 5.12. The third-order valence-corrected chi connectivity index (χ3v) is 9.08. The first kappa shape index (κ1) is 29.0. The molecule has 0 saturated carbocycles. The monoisotopic (exact) mass is 610 g/mol. The van der Waals surface area contributed by atoms with E-state index in [1.165, 1.54) is 0 Å². The Bertz CT molecular complexity index is 1680. The summed E-state index contributed by atoms with van der Waals surface area (Å²) in [5.74, 6) is -2.19. The van der Waals surface area contributed by atoms with E-state index in [9.17, 15) is 24.0 Å². The van der Waals surface area contributed by atoms with Gasteiger partial charge in [0.25, 0.3) is 17.7 Å². The number of methoxy groups -OCH3 is 1. The number of benzene rings is 2. The van der Waals surface area contributed by atoms with Crippen LogP contribution in [0.3, 0.4) is 0 Å². The van der Waals surface area contributed by atoms with Gasteiger partial charge in [0.1, 0.15) is 18.4 Å². The molecule has 0 spiro atoms. The van der Waals surface area contributed by atoms with Crippen molar-refractivity contribution in [3.05, 3.63) is 88.2 Å². The van der Waals surface area contributed by atoms with E-state index in [4.69, 9.17) is 4.74 Å². The first-order chi connectivity index (χ1) is 21.8. The van der Waals surface area contributed by atoms with Gasteiger partial charge in [-0.2, -0.15) is 5.10 Å². The number of hydrogen-bond acceptors (Lipinski definition) is 9. The summed E-state index contributed by atoms with van der Waals surface area (Å²) in [5.41, 5.74) is 3.93. The van der Waals surface area contributed by atoms with Crippen molar-refractivity contribution in [1.82, 2.24) is 35.1 Å². The molecule has 3 atom stereocenters. The molecule has 1 radical (unpaired) electrons. The minimum absolute atomic E-state index is 0.0771. The van der Waals surface area contributed by atoms with Crippen LogP contribution in [0, 0.1) is 6.20 Å². The Hall–Kier alpha value is -4.72. The average molecular weight is 611 g/mol. The van der Waals surface area contributed by atoms with E-state index in [-0.39, 0.29) is 36.0 Å². The van der Waals surface area contributed by atoms with Gasteiger partial charge in [0.05, 0.1) is 23.4 Å². The number of piperidine rings is 1. The number of hydrogen-bond donors (Lipinski definition) is 2. The molecule has 2 N–H and O–H groups in total. The maximum atomic E-state index is 13.8. The Morgan fingerprint density at radius 2 is 1.78 bits per heavy atom. The van der Waals surface area contributed by atoms with Crippen molar-refractivity contribution in [2.75, 3.05) is 33.3 Å². The third-order valence-electron chi connectivity index (χ3n) is 9.08. The van der Waals surface area contributed by atoms with Crippen LogP contribution in [0.5, 0.6) is 0 Å². The fourth-order valence-electron chi connectivity index (χ4n) is 6.81. The molecule has 3 aromatic rings. The van der Waals surface area contributed by atoms with Gasteiger partial charge >= 0.3 is 0 Å². The Balaban J connectivity index is 1.02. The molecule has 2 unspecified atom stereocenters. The normalized spacial score (nSPS) is 22.9. The molecule has 5 amide bonds. The Morgan fingerprint density at radius 3 is 2.51 bits per heavy atom. The van der Waals surface area contributed by atoms with E-state index in [1.54, 1.807) is 19.2 Å². The lowest BCUT2D eigenvalue weighted by molar-refractivity contribution is -0.150. The van der Waals surface area contributed by atoms with Gasteiger partial charge in [-0.05, 0) is 29.7 Å². The molecule has 2 saturated heterocycles. The SMILES string of the molecule is CO[C@@H](C(=O)N1Cc2[nH]n[c]c2C1N1CCN(Cc2ccc3c(c2)C(=O)N(C2CCC(=O)NC2=O)C3=O)CC1)c1ccccc1. The zero-order valence-electron chi connectivity index (χ0n) is 24.7. The number of aromatic amines is 1. The molecule has 13 nitrogen and oxygen atoms in total. The van der Waals surface area contributed by atoms with Crippen molar-refractivity contribution in [2.45, 2.75) is 44.2 Å². The number of nitrogens with one attached hydrogen (secondary N) is 2. The van der Waals surface area contributed by atoms with Crippen LogP contribution in [0.25, 0.3) is 0 Å². The number of aromatic nitrogens is 2. The van der Waals surface area contributed by atoms with E-state index in [0.29, 0.717) is 39.3 Å². The molecule has 5 heterocycles. The first-order valence-corrected chi connectivity index (χ1v) is 15.0. The number of carbonyl (C=O) groups excluding carboxylic acids is 5. The number of nitrogens with zero attached hydrogens (tertiary/aromatic N) is 5. The van der Waals surface area contributed by atoms with Gasteiger partial charge in [-0.15, -0.1) is 0 Å². The molecule has 13 heteroatoms. The maximum absolute atomic E-state index is 13.8. The highest BCUT2D eigenvalue weighted by Gasteiger charge is 2.45. The summed E-state index contributed by atoms with van der Waals surface area (Å²) in [6, 6.07) is 13.7. The second-order valence-corrected chi connectivity index (χ2v) is 11.7. The van der Waals surface area contributed by atoms with Crippen LogP contribution in [0.1, 0.15) is 68.2 Å². The summed E-state index contributed by atoms with van der Waals surface area (Å²) in [7, 11) is 1.54. The number of fused-ring (bicyclic) bond motifs is 2. The van der Waals surface area contributed by atoms with Crippen molar-refractivity contribution in [3.8, 4) is 0 Å². The number of imide groups is 2. The quantitative estimate of drug-likeness (QED) is 0.376. The molecule has 7 rings (SSSR count). The van der Waals surface area contributed by atoms with Gasteiger partial charge in [-0.25, -0.2) is 0 Å². The Labute approximate surface area is 259 Å². The van der Waals surface area contributed by atoms with Crippen LogP contribution in [0.15, 0.2) is 48.5 Å². The maximum Gasteiger partial charge on any atom is 0.262 e. The molecule has 2 aromatic carbocycles. The number of carbonyl (C=O) groups is 5.